The number of aryl methyl sites for hydroxylation is 1. The fourth-order valence-corrected chi connectivity index (χ4v) is 4.26. The molecule has 0 fully saturated rings. The third-order valence-corrected chi connectivity index (χ3v) is 6.19. The van der Waals surface area contributed by atoms with E-state index in [0.717, 1.165) is 12.0 Å². The Kier molecular flexibility index (Phi) is 12.4. The lowest BCUT2D eigenvalue weighted by Crippen LogP contribution is -2.10. The molecule has 0 bridgehead atoms. The van der Waals surface area contributed by atoms with Crippen LogP contribution >= 0.6 is 7.82 Å². The number of ether oxygens (including phenoxy) is 1. The summed E-state index contributed by atoms with van der Waals surface area (Å²) in [6.45, 7) is 5.37. The largest absolute Gasteiger partial charge is 0.587 e. The summed E-state index contributed by atoms with van der Waals surface area (Å²) >= 11 is 0. The molecule has 0 radical (unpaired) electrons. The van der Waals surface area contributed by atoms with Gasteiger partial charge in [0, 0.05) is 6.61 Å². The summed E-state index contributed by atoms with van der Waals surface area (Å²) in [7, 11) is -3.84. The fraction of sp³-hybridized carbons (Fsp3) is 0.520. The van der Waals surface area contributed by atoms with Crippen molar-refractivity contribution >= 4 is 7.82 Å². The number of phosphoric acid groups is 1. The lowest BCUT2D eigenvalue weighted by Gasteiger charge is -2.19. The Bertz CT molecular complexity index is 748. The molecular weight excluding hydrogens is 411 g/mol. The number of phosphoric ester groups is 1. The molecule has 0 amide bonds. The van der Waals surface area contributed by atoms with Crippen LogP contribution in [-0.2, 0) is 13.8 Å². The monoisotopic (exact) mass is 448 g/mol. The van der Waals surface area contributed by atoms with Gasteiger partial charge in [-0.2, -0.15) is 0 Å². The molecule has 0 saturated heterocycles. The zero-order valence-electron chi connectivity index (χ0n) is 19.0. The molecule has 0 spiro atoms. The quantitative estimate of drug-likeness (QED) is 0.183. The number of hydrogen-bond acceptors (Lipinski definition) is 5. The molecule has 0 heterocycles. The van der Waals surface area contributed by atoms with Crippen molar-refractivity contribution in [1.82, 2.24) is 0 Å². The van der Waals surface area contributed by atoms with Crippen molar-refractivity contribution < 1.29 is 22.9 Å². The minimum Gasteiger partial charge on any atom is -0.395 e. The molecule has 0 aliphatic rings. The molecule has 0 aliphatic carbocycles. The Balaban J connectivity index is 1.70. The normalized spacial score (nSPS) is 13.0. The van der Waals surface area contributed by atoms with Crippen molar-refractivity contribution in [3.05, 3.63) is 60.2 Å². The van der Waals surface area contributed by atoms with Crippen LogP contribution in [0.2, 0.25) is 0 Å². The molecule has 31 heavy (non-hydrogen) atoms. The number of hydrogen-bond donors (Lipinski definition) is 0. The van der Waals surface area contributed by atoms with Gasteiger partial charge in [-0.05, 0) is 37.6 Å². The minimum atomic E-state index is -3.84. The predicted molar refractivity (Wildman–Crippen MR) is 126 cm³/mol. The number of para-hydroxylation sites is 1. The molecule has 0 saturated carbocycles. The highest BCUT2D eigenvalue weighted by Gasteiger charge is 2.30. The number of unbranched alkanes of at least 4 members (excludes halogenated alkanes) is 7. The Morgan fingerprint density at radius 1 is 0.677 bits per heavy atom. The first-order valence-electron chi connectivity index (χ1n) is 11.4. The van der Waals surface area contributed by atoms with Crippen LogP contribution in [0.5, 0.6) is 11.5 Å². The van der Waals surface area contributed by atoms with Gasteiger partial charge in [-0.25, -0.2) is 4.57 Å². The zero-order chi connectivity index (χ0) is 22.2. The molecule has 1 unspecified atom stereocenters. The van der Waals surface area contributed by atoms with E-state index in [-0.39, 0.29) is 6.61 Å². The Hall–Kier alpha value is -1.81. The number of benzene rings is 2. The summed E-state index contributed by atoms with van der Waals surface area (Å²) in [5, 5.41) is 0. The molecule has 1 atom stereocenters. The van der Waals surface area contributed by atoms with E-state index in [9.17, 15) is 4.57 Å². The van der Waals surface area contributed by atoms with Crippen molar-refractivity contribution in [2.75, 3.05) is 19.8 Å². The summed E-state index contributed by atoms with van der Waals surface area (Å²) < 4.78 is 35.6. The zero-order valence-corrected chi connectivity index (χ0v) is 19.9. The molecule has 2 rings (SSSR count). The van der Waals surface area contributed by atoms with E-state index >= 15 is 0 Å². The van der Waals surface area contributed by atoms with Crippen LogP contribution < -0.4 is 9.05 Å². The highest BCUT2D eigenvalue weighted by atomic mass is 31.2. The predicted octanol–water partition coefficient (Wildman–Crippen LogP) is 7.73. The van der Waals surface area contributed by atoms with Gasteiger partial charge in [-0.3, -0.25) is 4.52 Å². The maximum absolute atomic E-state index is 13.2. The second-order valence-electron chi connectivity index (χ2n) is 7.68. The van der Waals surface area contributed by atoms with Gasteiger partial charge in [0.25, 0.3) is 0 Å². The average Bonchev–Trinajstić information content (AvgIpc) is 2.77. The van der Waals surface area contributed by atoms with Gasteiger partial charge >= 0.3 is 7.82 Å². The lowest BCUT2D eigenvalue weighted by molar-refractivity contribution is 0.0857. The van der Waals surface area contributed by atoms with Gasteiger partial charge in [0.05, 0.1) is 13.2 Å². The highest BCUT2D eigenvalue weighted by molar-refractivity contribution is 7.49. The third-order valence-electron chi connectivity index (χ3n) is 4.82. The van der Waals surface area contributed by atoms with Gasteiger partial charge in [0.2, 0.25) is 0 Å². The standard InChI is InChI=1S/C25H37O5P/c1-3-4-5-6-7-8-9-13-20-27-21-22-28-31(26,29-24-14-11-10-12-15-24)30-25-18-16-23(2)17-19-25/h10-12,14-19H,3-9,13,20-22H2,1-2H3. The van der Waals surface area contributed by atoms with E-state index in [2.05, 4.69) is 6.92 Å². The van der Waals surface area contributed by atoms with Gasteiger partial charge in [-0.15, -0.1) is 0 Å². The second kappa shape index (κ2) is 15.1. The van der Waals surface area contributed by atoms with Crippen molar-refractivity contribution in [2.24, 2.45) is 0 Å². The first kappa shape index (κ1) is 25.5. The molecule has 5 nitrogen and oxygen atoms in total. The third kappa shape index (κ3) is 11.4. The molecule has 6 heteroatoms. The molecular formula is C25H37O5P. The van der Waals surface area contributed by atoms with Gasteiger partial charge < -0.3 is 13.8 Å². The van der Waals surface area contributed by atoms with Crippen LogP contribution in [0.1, 0.15) is 63.9 Å². The van der Waals surface area contributed by atoms with Gasteiger partial charge in [-0.1, -0.05) is 87.8 Å². The summed E-state index contributed by atoms with van der Waals surface area (Å²) in [4.78, 5) is 0. The first-order valence-corrected chi connectivity index (χ1v) is 12.9. The Morgan fingerprint density at radius 2 is 1.26 bits per heavy atom. The topological polar surface area (TPSA) is 54.0 Å². The SMILES string of the molecule is CCCCCCCCCCOCCOP(=O)(Oc1ccccc1)Oc1ccc(C)cc1. The van der Waals surface area contributed by atoms with Crippen molar-refractivity contribution in [2.45, 2.75) is 65.2 Å². The van der Waals surface area contributed by atoms with E-state index in [0.29, 0.717) is 24.7 Å². The highest BCUT2D eigenvalue weighted by Crippen LogP contribution is 2.49. The Labute approximate surface area is 187 Å². The molecule has 0 aliphatic heterocycles. The van der Waals surface area contributed by atoms with Gasteiger partial charge in [0.15, 0.2) is 0 Å². The molecule has 2 aromatic rings. The van der Waals surface area contributed by atoms with Crippen LogP contribution in [0.4, 0.5) is 0 Å². The summed E-state index contributed by atoms with van der Waals surface area (Å²) in [6, 6.07) is 16.2. The van der Waals surface area contributed by atoms with Crippen molar-refractivity contribution in [3.63, 3.8) is 0 Å². The first-order chi connectivity index (χ1) is 15.1. The summed E-state index contributed by atoms with van der Waals surface area (Å²) in [6.07, 6.45) is 10.1. The smallest absolute Gasteiger partial charge is 0.395 e. The average molecular weight is 449 g/mol. The van der Waals surface area contributed by atoms with E-state index in [4.69, 9.17) is 18.3 Å². The minimum absolute atomic E-state index is 0.132. The Morgan fingerprint density at radius 3 is 1.90 bits per heavy atom. The van der Waals surface area contributed by atoms with Crippen LogP contribution in [-0.4, -0.2) is 19.8 Å². The number of rotatable bonds is 17. The van der Waals surface area contributed by atoms with E-state index in [1.54, 1.807) is 36.4 Å². The van der Waals surface area contributed by atoms with Crippen molar-refractivity contribution in [3.8, 4) is 11.5 Å². The van der Waals surface area contributed by atoms with Crippen LogP contribution in [0.15, 0.2) is 54.6 Å². The van der Waals surface area contributed by atoms with Crippen molar-refractivity contribution in [1.29, 1.82) is 0 Å². The van der Waals surface area contributed by atoms with E-state index in [1.807, 2.05) is 25.1 Å². The molecule has 172 valence electrons. The van der Waals surface area contributed by atoms with E-state index < -0.39 is 7.82 Å². The molecule has 0 aromatic heterocycles. The summed E-state index contributed by atoms with van der Waals surface area (Å²) in [5.74, 6) is 0.863. The summed E-state index contributed by atoms with van der Waals surface area (Å²) in [5.41, 5.74) is 1.08. The van der Waals surface area contributed by atoms with Crippen LogP contribution in [0, 0.1) is 6.92 Å². The van der Waals surface area contributed by atoms with Crippen LogP contribution in [0.3, 0.4) is 0 Å². The maximum atomic E-state index is 13.2. The molecule has 0 N–H and O–H groups in total. The van der Waals surface area contributed by atoms with Gasteiger partial charge in [0.1, 0.15) is 11.5 Å². The van der Waals surface area contributed by atoms with Crippen LogP contribution in [0.25, 0.3) is 0 Å². The molecule has 2 aromatic carbocycles. The lowest BCUT2D eigenvalue weighted by atomic mass is 10.1. The maximum Gasteiger partial charge on any atom is 0.587 e. The van der Waals surface area contributed by atoms with E-state index in [1.165, 1.54) is 44.9 Å². The second-order valence-corrected chi connectivity index (χ2v) is 9.19. The fourth-order valence-electron chi connectivity index (χ4n) is 3.06.